The number of nitrogens with zero attached hydrogens (tertiary/aromatic N) is 3. The van der Waals surface area contributed by atoms with Gasteiger partial charge in [-0.2, -0.15) is 0 Å². The lowest BCUT2D eigenvalue weighted by Crippen LogP contribution is -1.76. The van der Waals surface area contributed by atoms with Crippen LogP contribution >= 0.6 is 0 Å². The van der Waals surface area contributed by atoms with Crippen LogP contribution in [0.1, 0.15) is 0 Å². The van der Waals surface area contributed by atoms with Gasteiger partial charge in [0.05, 0.1) is 0 Å². The highest BCUT2D eigenvalue weighted by Gasteiger charge is 1.75. The Bertz CT molecular complexity index is 112. The number of aromatic nitrogens is 3. The van der Waals surface area contributed by atoms with Crippen molar-refractivity contribution in [3.8, 4) is 0 Å². The van der Waals surface area contributed by atoms with Gasteiger partial charge < -0.3 is 0 Å². The minimum absolute atomic E-state index is 0.139. The number of rotatable bonds is 0. The molecule has 1 aromatic heterocycles. The van der Waals surface area contributed by atoms with Crippen molar-refractivity contribution in [3.63, 3.8) is 0 Å². The van der Waals surface area contributed by atoms with Crippen molar-refractivity contribution >= 4 is 0 Å². The van der Waals surface area contributed by atoms with E-state index in [0.717, 1.165) is 12.7 Å². The second-order valence-electron chi connectivity index (χ2n) is 0.784. The van der Waals surface area contributed by atoms with E-state index in [0.29, 0.717) is 0 Å². The first-order chi connectivity index (χ1) is 2.89. The van der Waals surface area contributed by atoms with Gasteiger partial charge in [-0.25, -0.2) is 4.98 Å². The van der Waals surface area contributed by atoms with Crippen LogP contribution in [-0.4, -0.2) is 15.0 Å². The van der Waals surface area contributed by atoms with E-state index < -0.39 is 0 Å². The van der Waals surface area contributed by atoms with Crippen LogP contribution in [0.4, 0.5) is 4.48 Å². The highest BCUT2D eigenvalue weighted by Crippen LogP contribution is 1.71. The second kappa shape index (κ2) is 1.04. The van der Waals surface area contributed by atoms with Gasteiger partial charge in [-0.1, -0.05) is 9.39 Å². The average Bonchev–Trinajstić information content (AvgIpc) is 1.86. The summed E-state index contributed by atoms with van der Waals surface area (Å²) in [5.41, 5.74) is 0. The molecule has 1 heterocycles. The molecule has 0 unspecified atom stereocenters. The van der Waals surface area contributed by atoms with Gasteiger partial charge in [-0.05, 0) is 0 Å². The second-order valence-corrected chi connectivity index (χ2v) is 0.784. The molecule has 0 aromatic carbocycles. The van der Waals surface area contributed by atoms with Crippen molar-refractivity contribution in [2.75, 3.05) is 0 Å². The van der Waals surface area contributed by atoms with Crippen molar-refractivity contribution < 1.29 is 4.48 Å². The zero-order chi connectivity index (χ0) is 4.41. The molecule has 0 radical (unpaired) electrons. The molecule has 0 aliphatic heterocycles. The van der Waals surface area contributed by atoms with Crippen molar-refractivity contribution in [1.29, 1.82) is 0 Å². The van der Waals surface area contributed by atoms with Gasteiger partial charge in [0.15, 0.2) is 0 Å². The lowest BCUT2D eigenvalue weighted by molar-refractivity contribution is 0.315. The summed E-state index contributed by atoms with van der Waals surface area (Å²) in [6.45, 7) is 0. The molecule has 1 rings (SSSR count). The lowest BCUT2D eigenvalue weighted by atomic mass is 11.3. The largest absolute Gasteiger partial charge is 0.220 e. The normalized spacial score (nSPS) is 8.83. The first-order valence-electron chi connectivity index (χ1n) is 1.40. The van der Waals surface area contributed by atoms with Crippen molar-refractivity contribution in [2.45, 2.75) is 0 Å². The quantitative estimate of drug-likeness (QED) is 0.446. The predicted octanol–water partition coefficient (Wildman–Crippen LogP) is 0.0107. The van der Waals surface area contributed by atoms with Gasteiger partial charge in [-0.15, -0.1) is 5.10 Å². The van der Waals surface area contributed by atoms with E-state index in [1.54, 1.807) is 0 Å². The highest BCUT2D eigenvalue weighted by atomic mass is 19.2. The van der Waals surface area contributed by atoms with Crippen LogP contribution in [0, 0.1) is 0 Å². The summed E-state index contributed by atoms with van der Waals surface area (Å²) < 4.78 is 11.4. The van der Waals surface area contributed by atoms with Crippen molar-refractivity contribution in [2.24, 2.45) is 0 Å². The number of hydrogen-bond acceptors (Lipinski definition) is 2. The zero-order valence-corrected chi connectivity index (χ0v) is 2.87. The maximum absolute atomic E-state index is 11.4. The summed E-state index contributed by atoms with van der Waals surface area (Å²) in [4.78, 5) is 3.44. The summed E-state index contributed by atoms with van der Waals surface area (Å²) in [7, 11) is 0. The smallest absolute Gasteiger partial charge is 0.149 e. The van der Waals surface area contributed by atoms with Gasteiger partial charge in [0.25, 0.3) is 0 Å². The van der Waals surface area contributed by atoms with Crippen molar-refractivity contribution in [3.05, 3.63) is 12.7 Å². The molecule has 0 amide bonds. The molecule has 0 aliphatic carbocycles. The Morgan fingerprint density at radius 3 is 2.67 bits per heavy atom. The minimum Gasteiger partial charge on any atom is -0.220 e. The maximum atomic E-state index is 11.4. The molecule has 0 bridgehead atoms. The Morgan fingerprint density at radius 2 is 2.50 bits per heavy atom. The fraction of sp³-hybridized carbons (Fsp3) is 0. The number of halogens is 1. The molecule has 0 atom stereocenters. The third kappa shape index (κ3) is 0.357. The molecule has 1 aromatic rings. The van der Waals surface area contributed by atoms with Crippen LogP contribution < -0.4 is 0 Å². The van der Waals surface area contributed by atoms with Gasteiger partial charge in [-0.3, -0.25) is 0 Å². The highest BCUT2D eigenvalue weighted by molar-refractivity contribution is 4.46. The van der Waals surface area contributed by atoms with Crippen LogP contribution in [0.3, 0.4) is 0 Å². The monoisotopic (exact) mass is 87.0 g/mol. The standard InChI is InChI=1S/C2H2FN3/c3-6-2-4-1-5-6/h1-2H. The molecule has 0 fully saturated rings. The molecular weight excluding hydrogens is 85.0 g/mol. The molecule has 0 N–H and O–H groups in total. The summed E-state index contributed by atoms with van der Waals surface area (Å²) in [6.07, 6.45) is 2.10. The summed E-state index contributed by atoms with van der Waals surface area (Å²) >= 11 is 0. The van der Waals surface area contributed by atoms with Gasteiger partial charge in [0.1, 0.15) is 12.7 Å². The third-order valence-electron chi connectivity index (χ3n) is 0.391. The minimum atomic E-state index is 0.139. The van der Waals surface area contributed by atoms with Gasteiger partial charge in [0, 0.05) is 0 Å². The topological polar surface area (TPSA) is 30.7 Å². The van der Waals surface area contributed by atoms with E-state index in [1.165, 1.54) is 0 Å². The van der Waals surface area contributed by atoms with Crippen LogP contribution in [-0.2, 0) is 0 Å². The molecule has 0 spiro atoms. The average molecular weight is 87.1 g/mol. The SMILES string of the molecule is Fn1cncn1. The molecular formula is C2H2FN3. The Morgan fingerprint density at radius 1 is 1.67 bits per heavy atom. The Hall–Kier alpha value is -0.930. The molecule has 32 valence electrons. The predicted molar refractivity (Wildman–Crippen MR) is 16.5 cm³/mol. The maximum Gasteiger partial charge on any atom is 0.149 e. The Kier molecular flexibility index (Phi) is 0.567. The van der Waals surface area contributed by atoms with E-state index in [2.05, 4.69) is 10.1 Å². The van der Waals surface area contributed by atoms with Crippen LogP contribution in [0.2, 0.25) is 0 Å². The van der Waals surface area contributed by atoms with Crippen LogP contribution in [0.25, 0.3) is 0 Å². The first-order valence-corrected chi connectivity index (χ1v) is 1.40. The number of hydrogen-bond donors (Lipinski definition) is 0. The molecule has 0 aliphatic rings. The molecule has 4 heteroatoms. The van der Waals surface area contributed by atoms with E-state index >= 15 is 0 Å². The summed E-state index contributed by atoms with van der Waals surface area (Å²) in [5.74, 6) is 0. The van der Waals surface area contributed by atoms with E-state index in [-0.39, 0.29) is 4.90 Å². The molecule has 3 nitrogen and oxygen atoms in total. The van der Waals surface area contributed by atoms with E-state index in [4.69, 9.17) is 0 Å². The van der Waals surface area contributed by atoms with Crippen molar-refractivity contribution in [1.82, 2.24) is 15.0 Å². The van der Waals surface area contributed by atoms with E-state index in [1.807, 2.05) is 0 Å². The third-order valence-corrected chi connectivity index (χ3v) is 0.391. The molecule has 6 heavy (non-hydrogen) atoms. The first kappa shape index (κ1) is 3.27. The Balaban J connectivity index is 3.05. The summed E-state index contributed by atoms with van der Waals surface area (Å²) in [5, 5.41) is 3.06. The lowest BCUT2D eigenvalue weighted by Gasteiger charge is -1.67. The zero-order valence-electron chi connectivity index (χ0n) is 2.87. The van der Waals surface area contributed by atoms with Crippen LogP contribution in [0.5, 0.6) is 0 Å². The molecule has 0 saturated heterocycles. The van der Waals surface area contributed by atoms with Gasteiger partial charge in [0.2, 0.25) is 0 Å². The van der Waals surface area contributed by atoms with Gasteiger partial charge >= 0.3 is 0 Å². The molecule has 0 saturated carbocycles. The Labute approximate surface area is 33.4 Å². The van der Waals surface area contributed by atoms with Crippen LogP contribution in [0.15, 0.2) is 12.7 Å². The summed E-state index contributed by atoms with van der Waals surface area (Å²) in [6, 6.07) is 0. The fourth-order valence-electron chi connectivity index (χ4n) is 0.194. The fourth-order valence-corrected chi connectivity index (χ4v) is 0.194. The van der Waals surface area contributed by atoms with E-state index in [9.17, 15) is 4.48 Å².